The summed E-state index contributed by atoms with van der Waals surface area (Å²) in [6, 6.07) is 13.2. The minimum atomic E-state index is 0.0223. The van der Waals surface area contributed by atoms with E-state index in [2.05, 4.69) is 15.5 Å². The molecule has 26 heavy (non-hydrogen) atoms. The molecule has 0 aliphatic heterocycles. The molecule has 0 bridgehead atoms. The molecule has 134 valence electrons. The second-order valence-electron chi connectivity index (χ2n) is 5.78. The lowest BCUT2D eigenvalue weighted by Gasteiger charge is -2.10. The molecule has 0 saturated heterocycles. The number of carbonyl (C=O) groups is 1. The van der Waals surface area contributed by atoms with Gasteiger partial charge < -0.3 is 4.74 Å². The Morgan fingerprint density at radius 2 is 1.81 bits per heavy atom. The Balaban J connectivity index is 1.73. The number of tetrazole rings is 1. The van der Waals surface area contributed by atoms with Crippen molar-refractivity contribution in [3.05, 3.63) is 59.2 Å². The fourth-order valence-electron chi connectivity index (χ4n) is 2.67. The van der Waals surface area contributed by atoms with Crippen molar-refractivity contribution in [1.29, 1.82) is 0 Å². The second-order valence-corrected chi connectivity index (χ2v) is 6.73. The van der Waals surface area contributed by atoms with Crippen LogP contribution >= 0.6 is 11.8 Å². The maximum absolute atomic E-state index is 12.5. The van der Waals surface area contributed by atoms with Gasteiger partial charge in [0.25, 0.3) is 0 Å². The monoisotopic (exact) mass is 368 g/mol. The van der Waals surface area contributed by atoms with Crippen molar-refractivity contribution in [2.75, 3.05) is 12.4 Å². The van der Waals surface area contributed by atoms with Gasteiger partial charge in [0.05, 0.1) is 18.0 Å². The fourth-order valence-corrected chi connectivity index (χ4v) is 3.44. The first-order valence-electron chi connectivity index (χ1n) is 8.34. The molecular weight excluding hydrogens is 348 g/mol. The molecule has 1 aromatic heterocycles. The average Bonchev–Trinajstić information content (AvgIpc) is 3.09. The molecule has 0 radical (unpaired) electrons. The van der Waals surface area contributed by atoms with E-state index in [0.717, 1.165) is 22.6 Å². The van der Waals surface area contributed by atoms with E-state index in [-0.39, 0.29) is 11.5 Å². The van der Waals surface area contributed by atoms with Crippen LogP contribution in [0.1, 0.15) is 28.4 Å². The number of hydrogen-bond acceptors (Lipinski definition) is 6. The molecule has 0 aliphatic rings. The summed E-state index contributed by atoms with van der Waals surface area (Å²) in [5, 5.41) is 12.5. The zero-order chi connectivity index (χ0) is 18.5. The molecule has 3 aromatic rings. The number of para-hydroxylation sites is 1. The zero-order valence-corrected chi connectivity index (χ0v) is 15.8. The maximum Gasteiger partial charge on any atom is 0.214 e. The molecule has 3 rings (SSSR count). The summed E-state index contributed by atoms with van der Waals surface area (Å²) in [6.07, 6.45) is 0. The Labute approximate surface area is 156 Å². The quantitative estimate of drug-likeness (QED) is 0.468. The highest BCUT2D eigenvalue weighted by molar-refractivity contribution is 7.99. The number of carbonyl (C=O) groups excluding carboxylic acids is 1. The zero-order valence-electron chi connectivity index (χ0n) is 15.0. The summed E-state index contributed by atoms with van der Waals surface area (Å²) in [7, 11) is 0. The first-order chi connectivity index (χ1) is 12.6. The first-order valence-corrected chi connectivity index (χ1v) is 9.32. The number of thioether (sulfide) groups is 1. The smallest absolute Gasteiger partial charge is 0.214 e. The highest BCUT2D eigenvalue weighted by Gasteiger charge is 2.15. The second kappa shape index (κ2) is 8.14. The molecule has 6 nitrogen and oxygen atoms in total. The van der Waals surface area contributed by atoms with Crippen LogP contribution in [0.2, 0.25) is 0 Å². The summed E-state index contributed by atoms with van der Waals surface area (Å²) in [6.45, 7) is 6.56. The number of ether oxygens (including phenoxy) is 1. The van der Waals surface area contributed by atoms with E-state index in [9.17, 15) is 4.79 Å². The van der Waals surface area contributed by atoms with E-state index < -0.39 is 0 Å². The van der Waals surface area contributed by atoms with Crippen LogP contribution in [-0.4, -0.2) is 38.4 Å². The normalized spacial score (nSPS) is 10.7. The molecule has 0 fully saturated rings. The van der Waals surface area contributed by atoms with Crippen molar-refractivity contribution >= 4 is 17.5 Å². The SMILES string of the molecule is CCOc1ccc(C(=O)CSc2nnnn2-c2c(C)cccc2C)cc1. The molecule has 0 saturated carbocycles. The van der Waals surface area contributed by atoms with Crippen LogP contribution in [0.25, 0.3) is 5.69 Å². The first kappa shape index (κ1) is 18.1. The molecule has 0 aliphatic carbocycles. The van der Waals surface area contributed by atoms with E-state index in [4.69, 9.17) is 4.74 Å². The van der Waals surface area contributed by atoms with Gasteiger partial charge in [0.2, 0.25) is 5.16 Å². The number of aromatic nitrogens is 4. The molecule has 2 aromatic carbocycles. The van der Waals surface area contributed by atoms with Gasteiger partial charge >= 0.3 is 0 Å². The maximum atomic E-state index is 12.5. The Kier molecular flexibility index (Phi) is 5.68. The van der Waals surface area contributed by atoms with E-state index in [1.165, 1.54) is 11.8 Å². The van der Waals surface area contributed by atoms with Crippen molar-refractivity contribution in [3.63, 3.8) is 0 Å². The minimum absolute atomic E-state index is 0.0223. The number of rotatable bonds is 7. The molecule has 0 N–H and O–H groups in total. The average molecular weight is 368 g/mol. The molecule has 0 unspecified atom stereocenters. The Morgan fingerprint density at radius 1 is 1.12 bits per heavy atom. The highest BCUT2D eigenvalue weighted by atomic mass is 32.2. The number of ketones is 1. The lowest BCUT2D eigenvalue weighted by atomic mass is 10.1. The van der Waals surface area contributed by atoms with Crippen LogP contribution in [0.5, 0.6) is 5.75 Å². The van der Waals surface area contributed by atoms with Crippen LogP contribution in [0.3, 0.4) is 0 Å². The summed E-state index contributed by atoms with van der Waals surface area (Å²) in [4.78, 5) is 12.5. The number of hydrogen-bond donors (Lipinski definition) is 0. The molecule has 0 atom stereocenters. The lowest BCUT2D eigenvalue weighted by Crippen LogP contribution is -2.07. The Bertz CT molecular complexity index is 886. The lowest BCUT2D eigenvalue weighted by molar-refractivity contribution is 0.102. The van der Waals surface area contributed by atoms with Gasteiger partial charge in [-0.15, -0.1) is 5.10 Å². The van der Waals surface area contributed by atoms with Gasteiger partial charge in [-0.1, -0.05) is 30.0 Å². The topological polar surface area (TPSA) is 69.9 Å². The Hall–Kier alpha value is -2.67. The summed E-state index contributed by atoms with van der Waals surface area (Å²) in [5.41, 5.74) is 3.76. The standard InChI is InChI=1S/C19H20N4O2S/c1-4-25-16-10-8-15(9-11-16)17(24)12-26-19-20-21-22-23(19)18-13(2)6-5-7-14(18)3/h5-11H,4,12H2,1-3H3. The van der Waals surface area contributed by atoms with Gasteiger partial charge in [0, 0.05) is 5.56 Å². The third kappa shape index (κ3) is 3.94. The van der Waals surface area contributed by atoms with Crippen LogP contribution in [0.15, 0.2) is 47.6 Å². The van der Waals surface area contributed by atoms with Crippen LogP contribution in [-0.2, 0) is 0 Å². The molecule has 0 spiro atoms. The van der Waals surface area contributed by atoms with Crippen LogP contribution in [0, 0.1) is 13.8 Å². The van der Waals surface area contributed by atoms with Crippen LogP contribution < -0.4 is 4.74 Å². The Morgan fingerprint density at radius 3 is 2.46 bits per heavy atom. The number of Topliss-reactive ketones (excluding diaryl/α,β-unsaturated/α-hetero) is 1. The fraction of sp³-hybridized carbons (Fsp3) is 0.263. The van der Waals surface area contributed by atoms with Gasteiger partial charge in [-0.05, 0) is 66.6 Å². The van der Waals surface area contributed by atoms with Crippen molar-refractivity contribution in [2.45, 2.75) is 25.9 Å². The van der Waals surface area contributed by atoms with Gasteiger partial charge in [-0.3, -0.25) is 4.79 Å². The predicted octanol–water partition coefficient (Wildman–Crippen LogP) is 3.65. The summed E-state index contributed by atoms with van der Waals surface area (Å²) in [5.74, 6) is 1.05. The molecular formula is C19H20N4O2S. The third-order valence-electron chi connectivity index (χ3n) is 3.91. The largest absolute Gasteiger partial charge is 0.494 e. The predicted molar refractivity (Wildman–Crippen MR) is 101 cm³/mol. The summed E-state index contributed by atoms with van der Waals surface area (Å²) < 4.78 is 7.10. The van der Waals surface area contributed by atoms with Crippen LogP contribution in [0.4, 0.5) is 0 Å². The van der Waals surface area contributed by atoms with E-state index in [0.29, 0.717) is 17.3 Å². The third-order valence-corrected chi connectivity index (χ3v) is 4.83. The van der Waals surface area contributed by atoms with E-state index in [1.54, 1.807) is 16.8 Å². The molecule has 1 heterocycles. The van der Waals surface area contributed by atoms with E-state index >= 15 is 0 Å². The van der Waals surface area contributed by atoms with Crippen molar-refractivity contribution < 1.29 is 9.53 Å². The molecule has 0 amide bonds. The van der Waals surface area contributed by atoms with Crippen molar-refractivity contribution in [3.8, 4) is 11.4 Å². The van der Waals surface area contributed by atoms with Gasteiger partial charge in [0.1, 0.15) is 5.75 Å². The number of benzene rings is 2. The highest BCUT2D eigenvalue weighted by Crippen LogP contribution is 2.24. The molecule has 7 heteroatoms. The van der Waals surface area contributed by atoms with Gasteiger partial charge in [0.15, 0.2) is 5.78 Å². The van der Waals surface area contributed by atoms with Gasteiger partial charge in [-0.25, -0.2) is 0 Å². The van der Waals surface area contributed by atoms with E-state index in [1.807, 2.05) is 51.1 Å². The summed E-state index contributed by atoms with van der Waals surface area (Å²) >= 11 is 1.33. The number of nitrogens with zero attached hydrogens (tertiary/aromatic N) is 4. The van der Waals surface area contributed by atoms with Crippen molar-refractivity contribution in [1.82, 2.24) is 20.2 Å². The number of aryl methyl sites for hydroxylation is 2. The van der Waals surface area contributed by atoms with Gasteiger partial charge in [-0.2, -0.15) is 4.68 Å². The minimum Gasteiger partial charge on any atom is -0.494 e. The van der Waals surface area contributed by atoms with Crippen molar-refractivity contribution in [2.24, 2.45) is 0 Å².